The zero-order valence-electron chi connectivity index (χ0n) is 14.3. The average Bonchev–Trinajstić information content (AvgIpc) is 2.93. The van der Waals surface area contributed by atoms with Gasteiger partial charge in [-0.3, -0.25) is 10.00 Å². The Hall–Kier alpha value is -1.80. The number of hydrogen-bond donors (Lipinski definition) is 1. The summed E-state index contributed by atoms with van der Waals surface area (Å²) in [6.45, 7) is 3.40. The molecule has 1 aromatic heterocycles. The summed E-state index contributed by atoms with van der Waals surface area (Å²) in [6, 6.07) is 0. The van der Waals surface area contributed by atoms with Crippen molar-refractivity contribution < 1.29 is 27.1 Å². The van der Waals surface area contributed by atoms with E-state index in [1.165, 1.54) is 4.68 Å². The zero-order valence-corrected chi connectivity index (χ0v) is 14.3. The van der Waals surface area contributed by atoms with E-state index in [4.69, 9.17) is 4.74 Å². The van der Waals surface area contributed by atoms with E-state index in [2.05, 4.69) is 10.4 Å². The van der Waals surface area contributed by atoms with Gasteiger partial charge in [-0.05, 0) is 5.92 Å². The van der Waals surface area contributed by atoms with Crippen LogP contribution in [0.4, 0.5) is 28.2 Å². The lowest BCUT2D eigenvalue weighted by Crippen LogP contribution is -2.34. The van der Waals surface area contributed by atoms with Gasteiger partial charge in [0, 0.05) is 37.8 Å². The van der Waals surface area contributed by atoms with E-state index in [9.17, 15) is 22.4 Å². The van der Waals surface area contributed by atoms with Crippen LogP contribution in [0, 0.1) is 5.92 Å². The van der Waals surface area contributed by atoms with Crippen LogP contribution in [0.5, 0.6) is 0 Å². The van der Waals surface area contributed by atoms with E-state index < -0.39 is 23.9 Å². The molecule has 2 aliphatic rings. The van der Waals surface area contributed by atoms with Crippen molar-refractivity contribution in [3.63, 3.8) is 0 Å². The second-order valence-electron chi connectivity index (χ2n) is 7.27. The topological polar surface area (TPSA) is 56.2 Å². The van der Waals surface area contributed by atoms with Crippen molar-refractivity contribution in [1.82, 2.24) is 9.78 Å². The van der Waals surface area contributed by atoms with E-state index >= 15 is 0 Å². The lowest BCUT2D eigenvalue weighted by molar-refractivity contribution is -0.0878. The molecular weight excluding hydrogens is 342 g/mol. The summed E-state index contributed by atoms with van der Waals surface area (Å²) in [5.74, 6) is -6.40. The van der Waals surface area contributed by atoms with Crippen LogP contribution in [0.1, 0.15) is 56.2 Å². The number of amides is 1. The van der Waals surface area contributed by atoms with Gasteiger partial charge in [0.2, 0.25) is 5.92 Å². The lowest BCUT2D eigenvalue weighted by Gasteiger charge is -2.34. The molecule has 25 heavy (non-hydrogen) atoms. The monoisotopic (exact) mass is 363 g/mol. The molecule has 1 aromatic rings. The molecule has 2 aliphatic carbocycles. The van der Waals surface area contributed by atoms with Crippen molar-refractivity contribution in [3.8, 4) is 0 Å². The Morgan fingerprint density at radius 3 is 2.40 bits per heavy atom. The van der Waals surface area contributed by atoms with Crippen LogP contribution >= 0.6 is 0 Å². The quantitative estimate of drug-likeness (QED) is 0.796. The summed E-state index contributed by atoms with van der Waals surface area (Å²) < 4.78 is 58.3. The van der Waals surface area contributed by atoms with E-state index in [1.54, 1.807) is 7.05 Å². The molecule has 1 amide bonds. The maximum atomic E-state index is 13.2. The molecule has 1 atom stereocenters. The molecule has 3 rings (SSSR count). The minimum absolute atomic E-state index is 0.0546. The maximum absolute atomic E-state index is 13.2. The van der Waals surface area contributed by atoms with Crippen molar-refractivity contribution in [2.24, 2.45) is 13.0 Å². The van der Waals surface area contributed by atoms with Gasteiger partial charge in [0.15, 0.2) is 0 Å². The number of carbonyl (C=O) groups excluding carboxylic acids is 1. The Bertz CT molecular complexity index is 679. The average molecular weight is 363 g/mol. The van der Waals surface area contributed by atoms with Crippen LogP contribution in [0.25, 0.3) is 0 Å². The minimum atomic E-state index is -2.75. The first-order chi connectivity index (χ1) is 11.5. The molecule has 0 aliphatic heterocycles. The molecule has 0 saturated heterocycles. The molecule has 0 spiro atoms. The Kier molecular flexibility index (Phi) is 4.23. The highest BCUT2D eigenvalue weighted by Gasteiger charge is 2.57. The number of ether oxygens (including phenoxy) is 1. The molecule has 0 bridgehead atoms. The molecule has 9 heteroatoms. The lowest BCUT2D eigenvalue weighted by atomic mass is 9.77. The summed E-state index contributed by atoms with van der Waals surface area (Å²) in [4.78, 5) is 11.9. The van der Waals surface area contributed by atoms with Gasteiger partial charge in [-0.2, -0.15) is 5.10 Å². The number of nitrogens with zero attached hydrogens (tertiary/aromatic N) is 2. The molecule has 2 saturated carbocycles. The number of aromatic nitrogens is 2. The van der Waals surface area contributed by atoms with Gasteiger partial charge in [0.1, 0.15) is 12.4 Å². The fourth-order valence-corrected chi connectivity index (χ4v) is 3.19. The number of halogens is 4. The first-order valence-corrected chi connectivity index (χ1v) is 8.26. The largest absolute Gasteiger partial charge is 0.449 e. The summed E-state index contributed by atoms with van der Waals surface area (Å²) in [5, 5.41) is 6.82. The third kappa shape index (κ3) is 3.59. The van der Waals surface area contributed by atoms with Gasteiger partial charge in [0.05, 0.1) is 11.6 Å². The summed E-state index contributed by atoms with van der Waals surface area (Å²) in [7, 11) is 1.59. The Morgan fingerprint density at radius 2 is 1.92 bits per heavy atom. The van der Waals surface area contributed by atoms with Crippen LogP contribution < -0.4 is 5.32 Å². The molecule has 1 N–H and O–H groups in total. The predicted octanol–water partition coefficient (Wildman–Crippen LogP) is 4.26. The van der Waals surface area contributed by atoms with Crippen molar-refractivity contribution in [1.29, 1.82) is 0 Å². The van der Waals surface area contributed by atoms with Gasteiger partial charge in [-0.1, -0.05) is 13.8 Å². The third-order valence-corrected chi connectivity index (χ3v) is 4.76. The van der Waals surface area contributed by atoms with E-state index in [1.807, 2.05) is 13.8 Å². The summed E-state index contributed by atoms with van der Waals surface area (Å²) in [6.07, 6.45) is -1.64. The van der Waals surface area contributed by atoms with Crippen molar-refractivity contribution in [3.05, 3.63) is 11.3 Å². The van der Waals surface area contributed by atoms with Crippen molar-refractivity contribution in [2.75, 3.05) is 11.9 Å². The molecule has 0 unspecified atom stereocenters. The van der Waals surface area contributed by atoms with E-state index in [-0.39, 0.29) is 37.7 Å². The smallest absolute Gasteiger partial charge is 0.412 e. The molecule has 0 radical (unpaired) electrons. The highest BCUT2D eigenvalue weighted by atomic mass is 19.3. The summed E-state index contributed by atoms with van der Waals surface area (Å²) in [5.41, 5.74) is 1.23. The predicted molar refractivity (Wildman–Crippen MR) is 82.2 cm³/mol. The van der Waals surface area contributed by atoms with Crippen LogP contribution in [-0.2, 0) is 11.8 Å². The molecule has 5 nitrogen and oxygen atoms in total. The van der Waals surface area contributed by atoms with Crippen LogP contribution in [-0.4, -0.2) is 34.3 Å². The number of nitrogens with one attached hydrogen (secondary N) is 1. The van der Waals surface area contributed by atoms with Crippen molar-refractivity contribution >= 4 is 11.9 Å². The van der Waals surface area contributed by atoms with Crippen LogP contribution in [0.2, 0.25) is 0 Å². The second-order valence-corrected chi connectivity index (χ2v) is 7.27. The molecule has 1 heterocycles. The second kappa shape index (κ2) is 5.88. The van der Waals surface area contributed by atoms with Crippen LogP contribution in [0.15, 0.2) is 0 Å². The number of aryl methyl sites for hydroxylation is 1. The van der Waals surface area contributed by atoms with Gasteiger partial charge in [0.25, 0.3) is 5.92 Å². The zero-order chi connectivity index (χ0) is 18.6. The Labute approximate surface area is 142 Å². The third-order valence-electron chi connectivity index (χ3n) is 4.76. The number of carbonyl (C=O) groups is 1. The highest BCUT2D eigenvalue weighted by Crippen LogP contribution is 2.50. The van der Waals surface area contributed by atoms with Gasteiger partial charge >= 0.3 is 6.09 Å². The number of anilines is 1. The first kappa shape index (κ1) is 18.0. The minimum Gasteiger partial charge on any atom is -0.449 e. The fourth-order valence-electron chi connectivity index (χ4n) is 3.19. The Morgan fingerprint density at radius 1 is 1.32 bits per heavy atom. The Balaban J connectivity index is 1.70. The normalized spacial score (nSPS) is 24.1. The SMILES string of the molecule is CC(C)c1c(C2CC(F)(F)C2)nn(C)c1NC(=O)OC[C@H]1CC1(F)F. The molecule has 0 aromatic carbocycles. The van der Waals surface area contributed by atoms with Gasteiger partial charge in [-0.15, -0.1) is 0 Å². The molecule has 140 valence electrons. The number of alkyl halides is 4. The van der Waals surface area contributed by atoms with E-state index in [0.717, 1.165) is 0 Å². The van der Waals surface area contributed by atoms with Gasteiger partial charge < -0.3 is 4.74 Å². The van der Waals surface area contributed by atoms with E-state index in [0.29, 0.717) is 17.1 Å². The van der Waals surface area contributed by atoms with Crippen LogP contribution in [0.3, 0.4) is 0 Å². The first-order valence-electron chi connectivity index (χ1n) is 8.26. The standard InChI is InChI=1S/C16H21F4N3O2/c1-8(2)11-12(9-4-15(17,18)5-9)22-23(3)13(11)21-14(24)25-7-10-6-16(10,19)20/h8-10H,4-7H2,1-3H3,(H,21,24)/t10-/m1/s1. The highest BCUT2D eigenvalue weighted by molar-refractivity contribution is 5.85. The maximum Gasteiger partial charge on any atom is 0.412 e. The molecular formula is C16H21F4N3O2. The van der Waals surface area contributed by atoms with Crippen molar-refractivity contribution in [2.45, 2.75) is 56.8 Å². The van der Waals surface area contributed by atoms with Gasteiger partial charge in [-0.25, -0.2) is 22.4 Å². The summed E-state index contributed by atoms with van der Waals surface area (Å²) >= 11 is 0. The fraction of sp³-hybridized carbons (Fsp3) is 0.750. The number of rotatable bonds is 5. The molecule has 2 fully saturated rings. The number of hydrogen-bond acceptors (Lipinski definition) is 3.